The molecule has 11 heteroatoms. The number of carbonyl (C=O) groups excluding carboxylic acids is 1. The molecule has 0 fully saturated rings. The van der Waals surface area contributed by atoms with Crippen LogP contribution in [-0.2, 0) is 4.74 Å². The summed E-state index contributed by atoms with van der Waals surface area (Å²) in [6.45, 7) is 1.25. The molecule has 1 aliphatic rings. The van der Waals surface area contributed by atoms with Gasteiger partial charge in [0.05, 0.1) is 48.3 Å². The number of nitrogens with one attached hydrogen (secondary N) is 1. The lowest BCUT2D eigenvalue weighted by Crippen LogP contribution is -2.18. The van der Waals surface area contributed by atoms with Gasteiger partial charge < -0.3 is 19.5 Å². The predicted molar refractivity (Wildman–Crippen MR) is 123 cm³/mol. The molecule has 0 bridgehead atoms. The number of hydrogen-bond donors (Lipinski definition) is 1. The SMILES string of the molecule is COC(=O)c1nn(-c2cc3c(cc2OC)NCCO3)c2cc(-c3cnn4cccnc34)ncc12. The molecular formula is C23H19N7O4. The van der Waals surface area contributed by atoms with E-state index >= 15 is 0 Å². The lowest BCUT2D eigenvalue weighted by atomic mass is 10.1. The maximum absolute atomic E-state index is 12.5. The normalized spacial score (nSPS) is 12.8. The van der Waals surface area contributed by atoms with E-state index in [0.29, 0.717) is 52.6 Å². The Labute approximate surface area is 192 Å². The van der Waals surface area contributed by atoms with Crippen LogP contribution in [0.15, 0.2) is 49.1 Å². The van der Waals surface area contributed by atoms with Gasteiger partial charge in [0.25, 0.3) is 0 Å². The third-order valence-corrected chi connectivity index (χ3v) is 5.68. The van der Waals surface area contributed by atoms with Crippen molar-refractivity contribution < 1.29 is 19.0 Å². The summed E-state index contributed by atoms with van der Waals surface area (Å²) in [4.78, 5) is 21.5. The minimum Gasteiger partial charge on any atom is -0.494 e. The number of nitrogens with zero attached hydrogens (tertiary/aromatic N) is 6. The van der Waals surface area contributed by atoms with Gasteiger partial charge in [0.2, 0.25) is 0 Å². The van der Waals surface area contributed by atoms with E-state index in [4.69, 9.17) is 14.2 Å². The van der Waals surface area contributed by atoms with Gasteiger partial charge in [-0.25, -0.2) is 19.0 Å². The number of pyridine rings is 1. The van der Waals surface area contributed by atoms with E-state index in [2.05, 4.69) is 25.5 Å². The van der Waals surface area contributed by atoms with Crippen molar-refractivity contribution in [2.24, 2.45) is 0 Å². The number of benzene rings is 1. The Kier molecular flexibility index (Phi) is 4.54. The van der Waals surface area contributed by atoms with Gasteiger partial charge in [0, 0.05) is 37.3 Å². The number of rotatable bonds is 4. The number of carbonyl (C=O) groups is 1. The van der Waals surface area contributed by atoms with Crippen LogP contribution >= 0.6 is 0 Å². The average molecular weight is 457 g/mol. The standard InChI is InChI=1S/C23H19N7O4/c1-32-20-9-16-19(34-7-5-24-16)10-18(20)30-17-8-15(13-12-27-29-6-3-4-25-22(13)29)26-11-14(17)21(28-30)23(31)33-2/h3-4,6,8-12,24H,5,7H2,1-2H3. The average Bonchev–Trinajstić information content (AvgIpc) is 3.49. The van der Waals surface area contributed by atoms with Gasteiger partial charge in [-0.15, -0.1) is 0 Å². The van der Waals surface area contributed by atoms with E-state index in [1.54, 1.807) is 41.0 Å². The van der Waals surface area contributed by atoms with E-state index in [0.717, 1.165) is 11.3 Å². The molecule has 1 N–H and O–H groups in total. The third kappa shape index (κ3) is 3.01. The highest BCUT2D eigenvalue weighted by molar-refractivity contribution is 6.03. The number of esters is 1. The van der Waals surface area contributed by atoms with Crippen LogP contribution in [0.2, 0.25) is 0 Å². The molecule has 0 radical (unpaired) electrons. The van der Waals surface area contributed by atoms with Gasteiger partial charge >= 0.3 is 5.97 Å². The van der Waals surface area contributed by atoms with Crippen molar-refractivity contribution in [3.8, 4) is 28.4 Å². The van der Waals surface area contributed by atoms with Crippen LogP contribution in [-0.4, -0.2) is 62.7 Å². The number of aromatic nitrogens is 6. The first-order valence-electron chi connectivity index (χ1n) is 10.5. The smallest absolute Gasteiger partial charge is 0.359 e. The Morgan fingerprint density at radius 1 is 1.18 bits per heavy atom. The molecule has 11 nitrogen and oxygen atoms in total. The van der Waals surface area contributed by atoms with E-state index in [-0.39, 0.29) is 5.69 Å². The van der Waals surface area contributed by atoms with Crippen molar-refractivity contribution >= 4 is 28.2 Å². The second kappa shape index (κ2) is 7.73. The quantitative estimate of drug-likeness (QED) is 0.406. The van der Waals surface area contributed by atoms with Gasteiger partial charge in [-0.3, -0.25) is 4.98 Å². The molecular weight excluding hydrogens is 438 g/mol. The Morgan fingerprint density at radius 3 is 2.94 bits per heavy atom. The Morgan fingerprint density at radius 2 is 2.09 bits per heavy atom. The Bertz CT molecular complexity index is 1570. The van der Waals surface area contributed by atoms with Crippen LogP contribution in [0.25, 0.3) is 33.5 Å². The van der Waals surface area contributed by atoms with E-state index in [1.165, 1.54) is 7.11 Å². The Balaban J connectivity index is 1.61. The minimum atomic E-state index is -0.564. The first kappa shape index (κ1) is 20.0. The lowest BCUT2D eigenvalue weighted by Gasteiger charge is -2.21. The van der Waals surface area contributed by atoms with Crippen molar-refractivity contribution in [2.45, 2.75) is 0 Å². The summed E-state index contributed by atoms with van der Waals surface area (Å²) < 4.78 is 19.8. The highest BCUT2D eigenvalue weighted by Crippen LogP contribution is 2.38. The summed E-state index contributed by atoms with van der Waals surface area (Å²) >= 11 is 0. The molecule has 1 aromatic carbocycles. The fourth-order valence-corrected chi connectivity index (χ4v) is 4.08. The zero-order chi connectivity index (χ0) is 23.2. The van der Waals surface area contributed by atoms with Gasteiger partial charge in [-0.2, -0.15) is 10.2 Å². The topological polar surface area (TPSA) is 118 Å². The summed E-state index contributed by atoms with van der Waals surface area (Å²) in [7, 11) is 2.90. The first-order valence-corrected chi connectivity index (χ1v) is 10.5. The summed E-state index contributed by atoms with van der Waals surface area (Å²) in [6.07, 6.45) is 6.83. The molecule has 0 saturated carbocycles. The number of methoxy groups -OCH3 is 2. The van der Waals surface area contributed by atoms with Crippen LogP contribution in [0.3, 0.4) is 0 Å². The van der Waals surface area contributed by atoms with Crippen molar-refractivity contribution in [1.29, 1.82) is 0 Å². The number of fused-ring (bicyclic) bond motifs is 3. The molecule has 34 heavy (non-hydrogen) atoms. The molecule has 5 heterocycles. The number of hydrogen-bond acceptors (Lipinski definition) is 9. The zero-order valence-electron chi connectivity index (χ0n) is 18.3. The van der Waals surface area contributed by atoms with Crippen LogP contribution < -0.4 is 14.8 Å². The van der Waals surface area contributed by atoms with E-state index in [9.17, 15) is 4.79 Å². The molecule has 0 amide bonds. The van der Waals surface area contributed by atoms with Crippen LogP contribution in [0.4, 0.5) is 5.69 Å². The van der Waals surface area contributed by atoms with Crippen LogP contribution in [0.1, 0.15) is 10.5 Å². The second-order valence-electron chi connectivity index (χ2n) is 7.58. The van der Waals surface area contributed by atoms with Gasteiger partial charge in [-0.1, -0.05) is 0 Å². The first-order chi connectivity index (χ1) is 16.7. The van der Waals surface area contributed by atoms with E-state index < -0.39 is 5.97 Å². The largest absolute Gasteiger partial charge is 0.494 e. The molecule has 6 rings (SSSR count). The molecule has 170 valence electrons. The summed E-state index contributed by atoms with van der Waals surface area (Å²) in [5.74, 6) is 0.672. The van der Waals surface area contributed by atoms with E-state index in [1.807, 2.05) is 24.4 Å². The highest BCUT2D eigenvalue weighted by atomic mass is 16.5. The summed E-state index contributed by atoms with van der Waals surface area (Å²) in [5.41, 5.74) is 4.28. The fraction of sp³-hybridized carbons (Fsp3) is 0.174. The van der Waals surface area contributed by atoms with Gasteiger partial charge in [-0.05, 0) is 12.1 Å². The molecule has 0 saturated heterocycles. The molecule has 5 aromatic rings. The molecule has 0 aliphatic carbocycles. The van der Waals surface area contributed by atoms with Crippen molar-refractivity contribution in [3.05, 3.63) is 54.7 Å². The summed E-state index contributed by atoms with van der Waals surface area (Å²) in [6, 6.07) is 7.34. The highest BCUT2D eigenvalue weighted by Gasteiger charge is 2.24. The van der Waals surface area contributed by atoms with Crippen molar-refractivity contribution in [2.75, 3.05) is 32.7 Å². The van der Waals surface area contributed by atoms with Crippen molar-refractivity contribution in [3.63, 3.8) is 0 Å². The second-order valence-corrected chi connectivity index (χ2v) is 7.58. The van der Waals surface area contributed by atoms with Crippen LogP contribution in [0, 0.1) is 0 Å². The monoisotopic (exact) mass is 457 g/mol. The zero-order valence-corrected chi connectivity index (χ0v) is 18.3. The maximum atomic E-state index is 12.5. The fourth-order valence-electron chi connectivity index (χ4n) is 4.08. The molecule has 0 spiro atoms. The molecule has 0 atom stereocenters. The van der Waals surface area contributed by atoms with Gasteiger partial charge in [0.1, 0.15) is 23.8 Å². The molecule has 0 unspecified atom stereocenters. The third-order valence-electron chi connectivity index (χ3n) is 5.68. The number of ether oxygens (including phenoxy) is 3. The minimum absolute atomic E-state index is 0.147. The molecule has 4 aromatic heterocycles. The molecule has 1 aliphatic heterocycles. The maximum Gasteiger partial charge on any atom is 0.359 e. The summed E-state index contributed by atoms with van der Waals surface area (Å²) in [5, 5.41) is 12.8. The predicted octanol–water partition coefficient (Wildman–Crippen LogP) is 2.73. The lowest BCUT2D eigenvalue weighted by molar-refractivity contribution is 0.0595. The van der Waals surface area contributed by atoms with Crippen LogP contribution in [0.5, 0.6) is 11.5 Å². The number of anilines is 1. The Hall–Kier alpha value is -4.67. The van der Waals surface area contributed by atoms with Gasteiger partial charge in [0.15, 0.2) is 11.3 Å². The van der Waals surface area contributed by atoms with Crippen molar-refractivity contribution in [1.82, 2.24) is 29.4 Å².